The van der Waals surface area contributed by atoms with Crippen molar-refractivity contribution in [1.82, 2.24) is 0 Å². The Labute approximate surface area is 102 Å². The molecule has 1 amide bonds. The lowest BCUT2D eigenvalue weighted by Gasteiger charge is -2.10. The molecule has 0 aliphatic carbocycles. The first kappa shape index (κ1) is 12.8. The minimum absolute atomic E-state index is 0.156. The predicted octanol–water partition coefficient (Wildman–Crippen LogP) is 2.69. The fraction of sp³-hybridized carbons (Fsp3) is 0.200. The number of halogens is 2. The Morgan fingerprint density at radius 1 is 1.38 bits per heavy atom. The van der Waals surface area contributed by atoms with E-state index >= 15 is 0 Å². The minimum atomic E-state index is -0.673. The van der Waals surface area contributed by atoms with Gasteiger partial charge in [0.1, 0.15) is 5.75 Å². The maximum atomic E-state index is 11.1. The van der Waals surface area contributed by atoms with Gasteiger partial charge >= 0.3 is 0 Å². The van der Waals surface area contributed by atoms with Gasteiger partial charge in [0.25, 0.3) is 5.24 Å². The van der Waals surface area contributed by atoms with E-state index in [2.05, 4.69) is 5.32 Å². The first-order valence-corrected chi connectivity index (χ1v) is 5.06. The van der Waals surface area contributed by atoms with Crippen molar-refractivity contribution in [3.05, 3.63) is 22.7 Å². The van der Waals surface area contributed by atoms with Crippen molar-refractivity contribution in [2.75, 3.05) is 12.4 Å². The highest BCUT2D eigenvalue weighted by Gasteiger charge is 2.14. The van der Waals surface area contributed by atoms with Crippen LogP contribution in [-0.4, -0.2) is 18.3 Å². The average molecular weight is 262 g/mol. The molecule has 0 heterocycles. The fourth-order valence-electron chi connectivity index (χ4n) is 1.16. The van der Waals surface area contributed by atoms with Crippen LogP contribution in [0.25, 0.3) is 0 Å². The molecule has 0 radical (unpaired) electrons. The molecule has 0 aliphatic heterocycles. The van der Waals surface area contributed by atoms with Crippen molar-refractivity contribution in [2.45, 2.75) is 6.92 Å². The van der Waals surface area contributed by atoms with Gasteiger partial charge in [-0.2, -0.15) is 0 Å². The van der Waals surface area contributed by atoms with Crippen LogP contribution in [0.2, 0.25) is 5.02 Å². The van der Waals surface area contributed by atoms with Gasteiger partial charge < -0.3 is 10.1 Å². The van der Waals surface area contributed by atoms with E-state index in [9.17, 15) is 9.59 Å². The molecule has 0 saturated heterocycles. The van der Waals surface area contributed by atoms with Crippen LogP contribution in [0.1, 0.15) is 17.3 Å². The first-order chi connectivity index (χ1) is 7.45. The predicted molar refractivity (Wildman–Crippen MR) is 62.5 cm³/mol. The minimum Gasteiger partial charge on any atom is -0.496 e. The van der Waals surface area contributed by atoms with Crippen LogP contribution in [0.4, 0.5) is 5.69 Å². The second kappa shape index (κ2) is 5.18. The van der Waals surface area contributed by atoms with E-state index in [1.54, 1.807) is 0 Å². The van der Waals surface area contributed by atoms with Gasteiger partial charge in [0.2, 0.25) is 5.91 Å². The summed E-state index contributed by atoms with van der Waals surface area (Å²) in [6.45, 7) is 1.35. The largest absolute Gasteiger partial charge is 0.496 e. The van der Waals surface area contributed by atoms with Gasteiger partial charge in [-0.15, -0.1) is 0 Å². The molecule has 0 atom stereocenters. The number of ether oxygens (including phenoxy) is 1. The summed E-state index contributed by atoms with van der Waals surface area (Å²) in [6.07, 6.45) is 0. The Morgan fingerprint density at radius 3 is 2.44 bits per heavy atom. The zero-order chi connectivity index (χ0) is 12.3. The zero-order valence-electron chi connectivity index (χ0n) is 8.64. The van der Waals surface area contributed by atoms with Gasteiger partial charge in [0.15, 0.2) is 0 Å². The Hall–Kier alpha value is -1.26. The third kappa shape index (κ3) is 2.87. The fourth-order valence-corrected chi connectivity index (χ4v) is 1.52. The topological polar surface area (TPSA) is 55.4 Å². The van der Waals surface area contributed by atoms with Crippen molar-refractivity contribution in [1.29, 1.82) is 0 Å². The van der Waals surface area contributed by atoms with Crippen LogP contribution in [0.5, 0.6) is 5.75 Å². The summed E-state index contributed by atoms with van der Waals surface area (Å²) in [4.78, 5) is 21.9. The Bertz CT molecular complexity index is 446. The van der Waals surface area contributed by atoms with E-state index < -0.39 is 5.24 Å². The second-order valence-electron chi connectivity index (χ2n) is 2.99. The first-order valence-electron chi connectivity index (χ1n) is 4.30. The van der Waals surface area contributed by atoms with E-state index in [-0.39, 0.29) is 22.2 Å². The standard InChI is InChI=1S/C10H9Cl2NO3/c1-5(14)13-8-4-9(16-2)6(10(12)15)3-7(8)11/h3-4H,1-2H3,(H,13,14). The van der Waals surface area contributed by atoms with Crippen LogP contribution >= 0.6 is 23.2 Å². The number of methoxy groups -OCH3 is 1. The van der Waals surface area contributed by atoms with Crippen molar-refractivity contribution in [3.63, 3.8) is 0 Å². The summed E-state index contributed by atoms with van der Waals surface area (Å²) in [5, 5.41) is 2.06. The van der Waals surface area contributed by atoms with Crippen LogP contribution in [0.15, 0.2) is 12.1 Å². The molecular formula is C10H9Cl2NO3. The molecule has 0 saturated carbocycles. The normalized spacial score (nSPS) is 9.75. The van der Waals surface area contributed by atoms with Gasteiger partial charge in [0.05, 0.1) is 23.4 Å². The molecule has 1 aromatic rings. The van der Waals surface area contributed by atoms with Gasteiger partial charge in [-0.25, -0.2) is 0 Å². The number of rotatable bonds is 3. The van der Waals surface area contributed by atoms with Crippen LogP contribution in [-0.2, 0) is 4.79 Å². The Balaban J connectivity index is 3.25. The van der Waals surface area contributed by atoms with Crippen LogP contribution in [0.3, 0.4) is 0 Å². The molecule has 6 heteroatoms. The summed E-state index contributed by atoms with van der Waals surface area (Å²) >= 11 is 11.2. The third-order valence-electron chi connectivity index (χ3n) is 1.81. The van der Waals surface area contributed by atoms with E-state index in [0.717, 1.165) is 0 Å². The highest BCUT2D eigenvalue weighted by atomic mass is 35.5. The lowest BCUT2D eigenvalue weighted by molar-refractivity contribution is -0.114. The number of hydrogen-bond acceptors (Lipinski definition) is 3. The molecule has 4 nitrogen and oxygen atoms in total. The van der Waals surface area contributed by atoms with E-state index in [1.165, 1.54) is 26.2 Å². The molecule has 0 aromatic heterocycles. The number of anilines is 1. The molecule has 0 aliphatic rings. The van der Waals surface area contributed by atoms with Crippen molar-refractivity contribution in [3.8, 4) is 5.75 Å². The van der Waals surface area contributed by atoms with Gasteiger partial charge in [-0.3, -0.25) is 9.59 Å². The second-order valence-corrected chi connectivity index (χ2v) is 3.74. The molecule has 0 bridgehead atoms. The number of amides is 1. The van der Waals surface area contributed by atoms with Crippen molar-refractivity contribution >= 4 is 40.0 Å². The monoisotopic (exact) mass is 261 g/mol. The number of carbonyl (C=O) groups excluding carboxylic acids is 2. The Kier molecular flexibility index (Phi) is 4.15. The van der Waals surface area contributed by atoms with E-state index in [0.29, 0.717) is 5.69 Å². The zero-order valence-corrected chi connectivity index (χ0v) is 10.1. The summed E-state index contributed by atoms with van der Waals surface area (Å²) in [7, 11) is 1.39. The van der Waals surface area contributed by atoms with Gasteiger partial charge in [-0.1, -0.05) is 11.6 Å². The SMILES string of the molecule is COc1cc(NC(C)=O)c(Cl)cc1C(=O)Cl. The summed E-state index contributed by atoms with van der Waals surface area (Å²) in [5.74, 6) is -0.0120. The average Bonchev–Trinajstić information content (AvgIpc) is 2.19. The van der Waals surface area contributed by atoms with Gasteiger partial charge in [-0.05, 0) is 17.7 Å². The molecule has 1 aromatic carbocycles. The lowest BCUT2D eigenvalue weighted by atomic mass is 10.2. The highest BCUT2D eigenvalue weighted by Crippen LogP contribution is 2.31. The quantitative estimate of drug-likeness (QED) is 0.852. The van der Waals surface area contributed by atoms with E-state index in [1.807, 2.05) is 0 Å². The summed E-state index contributed by atoms with van der Waals surface area (Å²) in [5.41, 5.74) is 0.524. The molecule has 1 rings (SSSR count). The molecular weight excluding hydrogens is 253 g/mol. The van der Waals surface area contributed by atoms with Crippen molar-refractivity contribution < 1.29 is 14.3 Å². The number of benzene rings is 1. The summed E-state index contributed by atoms with van der Waals surface area (Å²) < 4.78 is 4.97. The van der Waals surface area contributed by atoms with Crippen LogP contribution in [0, 0.1) is 0 Å². The highest BCUT2D eigenvalue weighted by molar-refractivity contribution is 6.68. The van der Waals surface area contributed by atoms with Crippen molar-refractivity contribution in [2.24, 2.45) is 0 Å². The van der Waals surface area contributed by atoms with E-state index in [4.69, 9.17) is 27.9 Å². The molecule has 0 unspecified atom stereocenters. The molecule has 0 spiro atoms. The Morgan fingerprint density at radius 2 is 2.00 bits per heavy atom. The maximum Gasteiger partial charge on any atom is 0.256 e. The number of hydrogen-bond donors (Lipinski definition) is 1. The lowest BCUT2D eigenvalue weighted by Crippen LogP contribution is -2.07. The molecule has 86 valence electrons. The van der Waals surface area contributed by atoms with Crippen LogP contribution < -0.4 is 10.1 Å². The number of nitrogens with one attached hydrogen (secondary N) is 1. The molecule has 16 heavy (non-hydrogen) atoms. The third-order valence-corrected chi connectivity index (χ3v) is 2.33. The summed E-state index contributed by atoms with van der Waals surface area (Å²) in [6, 6.07) is 2.79. The number of carbonyl (C=O) groups is 2. The molecule has 0 fully saturated rings. The maximum absolute atomic E-state index is 11.1. The molecule has 1 N–H and O–H groups in total. The smallest absolute Gasteiger partial charge is 0.256 e. The van der Waals surface area contributed by atoms with Gasteiger partial charge in [0, 0.05) is 13.0 Å².